The Morgan fingerprint density at radius 2 is 1.90 bits per heavy atom. The van der Waals surface area contributed by atoms with Gasteiger partial charge in [-0.15, -0.1) is 0 Å². The van der Waals surface area contributed by atoms with Gasteiger partial charge < -0.3 is 15.1 Å². The molecule has 0 aliphatic carbocycles. The van der Waals surface area contributed by atoms with E-state index in [1.807, 2.05) is 18.3 Å². The molecule has 3 aromatic heterocycles. The van der Waals surface area contributed by atoms with E-state index in [4.69, 9.17) is 0 Å². The van der Waals surface area contributed by atoms with Crippen molar-refractivity contribution in [3.8, 4) is 0 Å². The van der Waals surface area contributed by atoms with E-state index in [0.717, 1.165) is 31.9 Å². The van der Waals surface area contributed by atoms with Crippen LogP contribution in [0.5, 0.6) is 0 Å². The lowest BCUT2D eigenvalue weighted by Crippen LogP contribution is -2.44. The monoisotopic (exact) mass is 419 g/mol. The molecule has 0 amide bonds. The van der Waals surface area contributed by atoms with E-state index in [-0.39, 0.29) is 11.3 Å². The molecule has 0 bridgehead atoms. The van der Waals surface area contributed by atoms with E-state index < -0.39 is 5.56 Å². The van der Waals surface area contributed by atoms with Gasteiger partial charge in [-0.2, -0.15) is 4.98 Å². The molecule has 1 fully saturated rings. The van der Waals surface area contributed by atoms with Crippen LogP contribution in [-0.4, -0.2) is 63.4 Å². The predicted octanol–water partition coefficient (Wildman–Crippen LogP) is 2.29. The Kier molecular flexibility index (Phi) is 5.51. The second-order valence-electron chi connectivity index (χ2n) is 7.66. The number of hydrogen-bond acceptors (Lipinski definition) is 8. The van der Waals surface area contributed by atoms with Gasteiger partial charge >= 0.3 is 0 Å². The maximum Gasteiger partial charge on any atom is 0.267 e. The van der Waals surface area contributed by atoms with Gasteiger partial charge in [-0.25, -0.2) is 9.97 Å². The van der Waals surface area contributed by atoms with Crippen LogP contribution in [-0.2, 0) is 0 Å². The second-order valence-corrected chi connectivity index (χ2v) is 7.66. The Hall–Kier alpha value is -3.59. The largest absolute Gasteiger partial charge is 0.368 e. The summed E-state index contributed by atoms with van der Waals surface area (Å²) in [5.74, 6) is 0.603. The number of aromatic nitrogens is 4. The van der Waals surface area contributed by atoms with Crippen molar-refractivity contribution in [3.63, 3.8) is 0 Å². The minimum Gasteiger partial charge on any atom is -0.368 e. The van der Waals surface area contributed by atoms with Gasteiger partial charge in [0, 0.05) is 44.0 Å². The number of carbonyl (C=O) groups excluding carboxylic acids is 1. The van der Waals surface area contributed by atoms with Crippen LogP contribution in [0.25, 0.3) is 17.2 Å². The molecule has 0 saturated carbocycles. The molecule has 1 aliphatic rings. The summed E-state index contributed by atoms with van der Waals surface area (Å²) in [6.07, 6.45) is 4.79. The van der Waals surface area contributed by atoms with Gasteiger partial charge in [0.25, 0.3) is 5.56 Å². The Morgan fingerprint density at radius 1 is 1.16 bits per heavy atom. The fourth-order valence-corrected chi connectivity index (χ4v) is 3.80. The molecule has 0 radical (unpaired) electrons. The third kappa shape index (κ3) is 3.91. The molecule has 4 rings (SSSR count). The molecule has 0 aromatic carbocycles. The summed E-state index contributed by atoms with van der Waals surface area (Å²) < 4.78 is 1.27. The molecule has 9 nitrogen and oxygen atoms in total. The zero-order chi connectivity index (χ0) is 22.1. The maximum absolute atomic E-state index is 12.7. The highest BCUT2D eigenvalue weighted by atomic mass is 16.1. The third-order valence-corrected chi connectivity index (χ3v) is 5.60. The summed E-state index contributed by atoms with van der Waals surface area (Å²) in [6.45, 7) is 10.8. The number of carbonyl (C=O) groups is 1. The van der Waals surface area contributed by atoms with Crippen molar-refractivity contribution in [3.05, 3.63) is 52.6 Å². The highest BCUT2D eigenvalue weighted by molar-refractivity contribution is 5.99. The number of rotatable bonds is 5. The molecule has 9 heteroatoms. The van der Waals surface area contributed by atoms with Crippen LogP contribution in [0.3, 0.4) is 0 Å². The summed E-state index contributed by atoms with van der Waals surface area (Å²) in [5, 5.41) is 3.70. The number of piperazine rings is 1. The molecule has 0 atom stereocenters. The molecule has 4 heterocycles. The topological polar surface area (TPSA) is 96.2 Å². The molecule has 160 valence electrons. The van der Waals surface area contributed by atoms with Crippen molar-refractivity contribution in [1.82, 2.24) is 24.4 Å². The summed E-state index contributed by atoms with van der Waals surface area (Å²) in [6, 6.07) is 3.90. The quantitative estimate of drug-likeness (QED) is 0.630. The first-order valence-electron chi connectivity index (χ1n) is 10.1. The zero-order valence-electron chi connectivity index (χ0n) is 17.9. The smallest absolute Gasteiger partial charge is 0.267 e. The fraction of sp³-hybridized carbons (Fsp3) is 0.318. The van der Waals surface area contributed by atoms with Gasteiger partial charge in [-0.05, 0) is 38.6 Å². The van der Waals surface area contributed by atoms with Crippen molar-refractivity contribution in [2.45, 2.75) is 13.8 Å². The van der Waals surface area contributed by atoms with E-state index in [1.165, 1.54) is 17.7 Å². The average Bonchev–Trinajstić information content (AvgIpc) is 2.75. The minimum absolute atomic E-state index is 0.123. The molecule has 0 spiro atoms. The number of fused-ring (bicyclic) bond motifs is 1. The van der Waals surface area contributed by atoms with Gasteiger partial charge in [0.05, 0.1) is 17.4 Å². The van der Waals surface area contributed by atoms with Crippen LogP contribution in [0.4, 0.5) is 17.5 Å². The standard InChI is InChI=1S/C22H25N7O2/c1-5-29-20-17(14(2)19(15(3)30)21(29)31)13-24-22(26-20)25-18-7-6-16(12-23-18)28-10-8-27(4)9-11-28/h5-7,12-13H,1,8-11H2,2-4H3,(H,23,24,25,26). The lowest BCUT2D eigenvalue weighted by Gasteiger charge is -2.33. The van der Waals surface area contributed by atoms with Crippen LogP contribution < -0.4 is 15.8 Å². The first-order valence-corrected chi connectivity index (χ1v) is 10.1. The second kappa shape index (κ2) is 8.27. The van der Waals surface area contributed by atoms with Crippen LogP contribution >= 0.6 is 0 Å². The van der Waals surface area contributed by atoms with E-state index in [1.54, 1.807) is 13.1 Å². The Labute approximate surface area is 180 Å². The van der Waals surface area contributed by atoms with E-state index in [9.17, 15) is 9.59 Å². The molecule has 31 heavy (non-hydrogen) atoms. The number of nitrogens with zero attached hydrogens (tertiary/aromatic N) is 6. The first kappa shape index (κ1) is 20.7. The maximum atomic E-state index is 12.7. The molecular formula is C22H25N7O2. The Bertz CT molecular complexity index is 1210. The van der Waals surface area contributed by atoms with E-state index in [2.05, 4.69) is 43.7 Å². The van der Waals surface area contributed by atoms with Crippen LogP contribution in [0.1, 0.15) is 22.8 Å². The van der Waals surface area contributed by atoms with Crippen molar-refractivity contribution >= 4 is 40.5 Å². The first-order chi connectivity index (χ1) is 14.9. The molecule has 3 aromatic rings. The third-order valence-electron chi connectivity index (χ3n) is 5.60. The van der Waals surface area contributed by atoms with Crippen molar-refractivity contribution in [1.29, 1.82) is 0 Å². The summed E-state index contributed by atoms with van der Waals surface area (Å²) in [5.41, 5.74) is 1.71. The summed E-state index contributed by atoms with van der Waals surface area (Å²) in [7, 11) is 2.13. The molecule has 1 N–H and O–H groups in total. The minimum atomic E-state index is -0.438. The van der Waals surface area contributed by atoms with E-state index >= 15 is 0 Å². The number of pyridine rings is 2. The Balaban J connectivity index is 1.63. The number of aryl methyl sites for hydroxylation is 1. The lowest BCUT2D eigenvalue weighted by atomic mass is 10.0. The number of ketones is 1. The molecule has 0 unspecified atom stereocenters. The van der Waals surface area contributed by atoms with Crippen molar-refractivity contribution in [2.75, 3.05) is 43.4 Å². The van der Waals surface area contributed by atoms with E-state index in [0.29, 0.717) is 28.4 Å². The number of Topliss-reactive ketones (excluding diaryl/α,β-unsaturated/α-hetero) is 1. The normalized spacial score (nSPS) is 14.6. The van der Waals surface area contributed by atoms with Crippen molar-refractivity contribution < 1.29 is 4.79 Å². The number of likely N-dealkylation sites (N-methyl/N-ethyl adjacent to an activating group) is 1. The predicted molar refractivity (Wildman–Crippen MR) is 122 cm³/mol. The highest BCUT2D eigenvalue weighted by Gasteiger charge is 2.18. The molecule has 1 aliphatic heterocycles. The Morgan fingerprint density at radius 3 is 2.52 bits per heavy atom. The number of nitrogens with one attached hydrogen (secondary N) is 1. The lowest BCUT2D eigenvalue weighted by molar-refractivity contribution is 0.101. The van der Waals surface area contributed by atoms with Crippen molar-refractivity contribution in [2.24, 2.45) is 0 Å². The van der Waals surface area contributed by atoms with Crippen LogP contribution in [0, 0.1) is 6.92 Å². The fourth-order valence-electron chi connectivity index (χ4n) is 3.80. The van der Waals surface area contributed by atoms with Gasteiger partial charge in [0.1, 0.15) is 5.82 Å². The number of hydrogen-bond donors (Lipinski definition) is 1. The van der Waals surface area contributed by atoms with Gasteiger partial charge in [0.15, 0.2) is 11.4 Å². The van der Waals surface area contributed by atoms with Gasteiger partial charge in [-0.3, -0.25) is 14.2 Å². The highest BCUT2D eigenvalue weighted by Crippen LogP contribution is 2.22. The zero-order valence-corrected chi connectivity index (χ0v) is 17.9. The average molecular weight is 419 g/mol. The molecule has 1 saturated heterocycles. The van der Waals surface area contributed by atoms with Crippen LogP contribution in [0.15, 0.2) is 35.9 Å². The summed E-state index contributed by atoms with van der Waals surface area (Å²) in [4.78, 5) is 42.6. The molecular weight excluding hydrogens is 394 g/mol. The SMILES string of the molecule is C=Cn1c(=O)c(C(C)=O)c(C)c2cnc(Nc3ccc(N4CCN(C)CC4)cn3)nc21. The van der Waals surface area contributed by atoms with Gasteiger partial charge in [-0.1, -0.05) is 6.58 Å². The number of anilines is 3. The van der Waals surface area contributed by atoms with Crippen LogP contribution in [0.2, 0.25) is 0 Å². The summed E-state index contributed by atoms with van der Waals surface area (Å²) >= 11 is 0. The van der Waals surface area contributed by atoms with Gasteiger partial charge in [0.2, 0.25) is 5.95 Å².